The van der Waals surface area contributed by atoms with Crippen LogP contribution in [0.15, 0.2) is 47.0 Å². The molecule has 29 heavy (non-hydrogen) atoms. The molecule has 0 spiro atoms. The topological polar surface area (TPSA) is 47.6 Å². The third kappa shape index (κ3) is 2.90. The van der Waals surface area contributed by atoms with Crippen LogP contribution in [0.25, 0.3) is 0 Å². The van der Waals surface area contributed by atoms with Gasteiger partial charge in [0.05, 0.1) is 6.10 Å². The van der Waals surface area contributed by atoms with Crippen LogP contribution in [0.5, 0.6) is 0 Å². The summed E-state index contributed by atoms with van der Waals surface area (Å²) in [5, 5.41) is 0. The summed E-state index contributed by atoms with van der Waals surface area (Å²) in [6.07, 6.45) is 11.9. The van der Waals surface area contributed by atoms with Gasteiger partial charge >= 0.3 is 0 Å². The molecule has 1 aromatic carbocycles. The lowest BCUT2D eigenvalue weighted by atomic mass is 9.72. The Bertz CT molecular complexity index is 842. The van der Waals surface area contributed by atoms with Crippen molar-refractivity contribution in [3.05, 3.63) is 47.5 Å². The minimum atomic E-state index is -0.0688. The zero-order valence-electron chi connectivity index (χ0n) is 17.3. The molecule has 0 heterocycles. The molecule has 0 aliphatic heterocycles. The van der Waals surface area contributed by atoms with E-state index in [1.54, 1.807) is 0 Å². The Balaban J connectivity index is 1.38. The fraction of sp³-hybridized carbons (Fsp3) is 0.600. The first-order chi connectivity index (χ1) is 14.1. The molecule has 2 N–H and O–H groups in total. The molecule has 6 rings (SSSR count). The fourth-order valence-electron chi connectivity index (χ4n) is 6.69. The molecule has 5 aliphatic rings. The van der Waals surface area contributed by atoms with E-state index in [4.69, 9.17) is 27.7 Å². The Morgan fingerprint density at radius 3 is 2.69 bits per heavy atom. The smallest absolute Gasteiger partial charge is 0.113 e. The van der Waals surface area contributed by atoms with Gasteiger partial charge in [-0.3, -0.25) is 4.99 Å². The van der Waals surface area contributed by atoms with Crippen LogP contribution in [0, 0.1) is 23.2 Å². The molecule has 1 aromatic rings. The van der Waals surface area contributed by atoms with Crippen LogP contribution in [0.3, 0.4) is 0 Å². The first kappa shape index (κ1) is 19.6. The first-order valence-corrected chi connectivity index (χ1v) is 11.7. The van der Waals surface area contributed by atoms with Crippen molar-refractivity contribution in [1.82, 2.24) is 0 Å². The van der Waals surface area contributed by atoms with Crippen molar-refractivity contribution in [1.29, 1.82) is 0 Å². The number of allylic oxidation sites excluding steroid dienone is 1. The lowest BCUT2D eigenvalue weighted by molar-refractivity contribution is 0.0466. The highest BCUT2D eigenvalue weighted by molar-refractivity contribution is 7.80. The summed E-state index contributed by atoms with van der Waals surface area (Å²) in [6.45, 7) is 3.67. The molecule has 3 saturated carbocycles. The van der Waals surface area contributed by atoms with Gasteiger partial charge in [0.2, 0.25) is 0 Å². The zero-order valence-corrected chi connectivity index (χ0v) is 18.2. The van der Waals surface area contributed by atoms with Gasteiger partial charge in [0.1, 0.15) is 4.99 Å². The molecule has 3 fully saturated rings. The van der Waals surface area contributed by atoms with Crippen molar-refractivity contribution < 1.29 is 4.74 Å². The summed E-state index contributed by atoms with van der Waals surface area (Å²) in [5.41, 5.74) is 8.68. The number of hydrogen-bond acceptors (Lipinski definition) is 3. The van der Waals surface area contributed by atoms with Gasteiger partial charge in [-0.25, -0.2) is 0 Å². The average molecular weight is 409 g/mol. The lowest BCUT2D eigenvalue weighted by Crippen LogP contribution is -2.36. The van der Waals surface area contributed by atoms with Crippen molar-refractivity contribution in [2.75, 3.05) is 13.2 Å². The van der Waals surface area contributed by atoms with E-state index in [0.717, 1.165) is 31.0 Å². The van der Waals surface area contributed by atoms with Gasteiger partial charge in [0, 0.05) is 29.6 Å². The molecule has 4 atom stereocenters. The van der Waals surface area contributed by atoms with E-state index < -0.39 is 0 Å². The SMILES string of the molecule is CCOC1C2=CC3(c4ccccc4)CC2(C(=S)N=CC2CCC(CN)CC2)CC13. The standard InChI is InChI=1S/C25H32N2OS/c1-2-28-22-20-13-25(23(29)27-15-18-10-8-17(14-26)9-11-18)16-24(20,12-21(22)25)19-6-4-3-5-7-19/h3-7,12,15,17-18,20,22H,2,8-11,13-14,16,26H2,1H3. The van der Waals surface area contributed by atoms with Gasteiger partial charge in [-0.1, -0.05) is 48.6 Å². The van der Waals surface area contributed by atoms with Gasteiger partial charge in [-0.2, -0.15) is 0 Å². The van der Waals surface area contributed by atoms with Gasteiger partial charge in [0.15, 0.2) is 0 Å². The van der Waals surface area contributed by atoms with Gasteiger partial charge < -0.3 is 10.5 Å². The molecule has 5 aliphatic carbocycles. The molecule has 0 saturated heterocycles. The van der Waals surface area contributed by atoms with E-state index in [0.29, 0.717) is 17.8 Å². The quantitative estimate of drug-likeness (QED) is 0.416. The number of thiocarbonyl (C=S) groups is 1. The minimum absolute atomic E-state index is 0.0688. The second-order valence-electron chi connectivity index (χ2n) is 9.55. The predicted molar refractivity (Wildman–Crippen MR) is 122 cm³/mol. The number of rotatable bonds is 6. The molecule has 0 amide bonds. The van der Waals surface area contributed by atoms with Crippen molar-refractivity contribution in [2.45, 2.75) is 57.0 Å². The highest BCUT2D eigenvalue weighted by atomic mass is 32.1. The number of benzene rings is 1. The van der Waals surface area contributed by atoms with E-state index in [9.17, 15) is 0 Å². The molecule has 0 aromatic heterocycles. The zero-order chi connectivity index (χ0) is 20.1. The molecule has 4 unspecified atom stereocenters. The monoisotopic (exact) mass is 408 g/mol. The maximum absolute atomic E-state index is 6.24. The molecule has 4 bridgehead atoms. The third-order valence-corrected chi connectivity index (χ3v) is 8.65. The summed E-state index contributed by atoms with van der Waals surface area (Å²) in [7, 11) is 0. The van der Waals surface area contributed by atoms with Crippen LogP contribution in [-0.4, -0.2) is 30.5 Å². The van der Waals surface area contributed by atoms with Gasteiger partial charge in [-0.15, -0.1) is 0 Å². The lowest BCUT2D eigenvalue weighted by Gasteiger charge is -2.35. The second-order valence-corrected chi connectivity index (χ2v) is 9.94. The maximum atomic E-state index is 6.24. The Morgan fingerprint density at radius 2 is 2.00 bits per heavy atom. The van der Waals surface area contributed by atoms with E-state index in [1.807, 2.05) is 0 Å². The Hall–Kier alpha value is -1.36. The summed E-state index contributed by atoms with van der Waals surface area (Å²) >= 11 is 5.99. The van der Waals surface area contributed by atoms with Gasteiger partial charge in [-0.05, 0) is 75.0 Å². The Labute approximate surface area is 179 Å². The largest absolute Gasteiger partial charge is 0.374 e. The highest BCUT2D eigenvalue weighted by Gasteiger charge is 2.72. The molecular formula is C25H32N2OS. The predicted octanol–water partition coefficient (Wildman–Crippen LogP) is 4.84. The van der Waals surface area contributed by atoms with E-state index in [1.165, 1.54) is 36.8 Å². The summed E-state index contributed by atoms with van der Waals surface area (Å²) in [4.78, 5) is 5.82. The van der Waals surface area contributed by atoms with Crippen molar-refractivity contribution in [3.63, 3.8) is 0 Å². The molecule has 154 valence electrons. The third-order valence-electron chi connectivity index (χ3n) is 8.16. The van der Waals surface area contributed by atoms with Crippen molar-refractivity contribution >= 4 is 23.4 Å². The highest BCUT2D eigenvalue weighted by Crippen LogP contribution is 2.73. The summed E-state index contributed by atoms with van der Waals surface area (Å²) < 4.78 is 6.24. The van der Waals surface area contributed by atoms with Crippen molar-refractivity contribution in [3.8, 4) is 0 Å². The number of aliphatic imine (C=N–C) groups is 1. The van der Waals surface area contributed by atoms with Crippen LogP contribution in [0.2, 0.25) is 0 Å². The molecule has 3 nitrogen and oxygen atoms in total. The summed E-state index contributed by atoms with van der Waals surface area (Å²) in [6, 6.07) is 11.0. The molecular weight excluding hydrogens is 376 g/mol. The van der Waals surface area contributed by atoms with Crippen LogP contribution in [0.1, 0.15) is 51.0 Å². The first-order valence-electron chi connectivity index (χ1n) is 11.3. The van der Waals surface area contributed by atoms with E-state index >= 15 is 0 Å². The number of nitrogens with zero attached hydrogens (tertiary/aromatic N) is 1. The minimum Gasteiger partial charge on any atom is -0.374 e. The number of hydrogen-bond donors (Lipinski definition) is 1. The maximum Gasteiger partial charge on any atom is 0.113 e. The average Bonchev–Trinajstić information content (AvgIpc) is 3.46. The van der Waals surface area contributed by atoms with Crippen LogP contribution in [0.4, 0.5) is 0 Å². The fourth-order valence-corrected chi connectivity index (χ4v) is 7.03. The normalized spacial score (nSPS) is 40.1. The number of nitrogens with two attached hydrogens (primary N) is 1. The van der Waals surface area contributed by atoms with Crippen LogP contribution in [-0.2, 0) is 10.2 Å². The summed E-state index contributed by atoms with van der Waals surface area (Å²) in [5.74, 6) is 1.75. The van der Waals surface area contributed by atoms with Gasteiger partial charge in [0.25, 0.3) is 0 Å². The van der Waals surface area contributed by atoms with E-state index in [2.05, 4.69) is 49.5 Å². The molecule has 4 heteroatoms. The second kappa shape index (κ2) is 7.40. The Morgan fingerprint density at radius 1 is 1.24 bits per heavy atom. The van der Waals surface area contributed by atoms with Crippen LogP contribution >= 0.6 is 12.2 Å². The van der Waals surface area contributed by atoms with Crippen LogP contribution < -0.4 is 5.73 Å². The number of ether oxygens (including phenoxy) is 1. The van der Waals surface area contributed by atoms with E-state index in [-0.39, 0.29) is 16.9 Å². The Kier molecular flexibility index (Phi) is 5.00. The van der Waals surface area contributed by atoms with Crippen molar-refractivity contribution in [2.24, 2.45) is 33.9 Å². The molecule has 0 radical (unpaired) electrons.